The second-order valence-electron chi connectivity index (χ2n) is 5.97. The minimum Gasteiger partial charge on any atom is -0.493 e. The van der Waals surface area contributed by atoms with Crippen molar-refractivity contribution in [2.75, 3.05) is 27.7 Å². The van der Waals surface area contributed by atoms with E-state index in [1.165, 1.54) is 12.8 Å². The van der Waals surface area contributed by atoms with Crippen LogP contribution in [0.25, 0.3) is 0 Å². The first kappa shape index (κ1) is 17.3. The van der Waals surface area contributed by atoms with E-state index in [4.69, 9.17) is 9.47 Å². The first-order chi connectivity index (χ1) is 11.1. The second-order valence-corrected chi connectivity index (χ2v) is 5.97. The monoisotopic (exact) mass is 319 g/mol. The number of hydrazone groups is 1. The highest BCUT2D eigenvalue weighted by Gasteiger charge is 2.18. The van der Waals surface area contributed by atoms with Crippen molar-refractivity contribution < 1.29 is 14.3 Å². The van der Waals surface area contributed by atoms with Crippen LogP contribution in [0.15, 0.2) is 23.3 Å². The smallest absolute Gasteiger partial charge is 0.254 e. The van der Waals surface area contributed by atoms with Gasteiger partial charge in [0.2, 0.25) is 0 Å². The maximum atomic E-state index is 11.5. The van der Waals surface area contributed by atoms with E-state index in [1.807, 2.05) is 32.3 Å². The van der Waals surface area contributed by atoms with Crippen LogP contribution in [0.2, 0.25) is 0 Å². The lowest BCUT2D eigenvalue weighted by Gasteiger charge is -2.16. The largest absolute Gasteiger partial charge is 0.493 e. The fourth-order valence-corrected chi connectivity index (χ4v) is 2.55. The number of likely N-dealkylation sites (N-methyl/N-ethyl adjacent to an activating group) is 1. The summed E-state index contributed by atoms with van der Waals surface area (Å²) in [7, 11) is 5.30. The Kier molecular flexibility index (Phi) is 6.40. The van der Waals surface area contributed by atoms with Crippen molar-refractivity contribution in [1.82, 2.24) is 10.3 Å². The summed E-state index contributed by atoms with van der Waals surface area (Å²) in [5.41, 5.74) is 3.35. The van der Waals surface area contributed by atoms with Gasteiger partial charge in [-0.25, -0.2) is 5.43 Å². The molecular formula is C17H25N3O3. The van der Waals surface area contributed by atoms with Crippen molar-refractivity contribution in [1.29, 1.82) is 0 Å². The van der Waals surface area contributed by atoms with Gasteiger partial charge in [0.25, 0.3) is 5.91 Å². The van der Waals surface area contributed by atoms with Gasteiger partial charge >= 0.3 is 0 Å². The highest BCUT2D eigenvalue weighted by atomic mass is 16.5. The molecule has 1 amide bonds. The summed E-state index contributed by atoms with van der Waals surface area (Å²) in [5, 5.41) is 3.98. The van der Waals surface area contributed by atoms with Crippen molar-refractivity contribution in [2.24, 2.45) is 5.10 Å². The summed E-state index contributed by atoms with van der Waals surface area (Å²) in [6, 6.07) is 5.62. The number of methoxy groups -OCH3 is 1. The summed E-state index contributed by atoms with van der Waals surface area (Å²) in [5.74, 6) is 1.29. The van der Waals surface area contributed by atoms with Crippen molar-refractivity contribution in [2.45, 2.75) is 31.8 Å². The minimum absolute atomic E-state index is 0.151. The number of carbonyl (C=O) groups excluding carboxylic acids is 1. The minimum atomic E-state index is -0.151. The van der Waals surface area contributed by atoms with Gasteiger partial charge in [-0.1, -0.05) is 0 Å². The molecule has 0 aliphatic heterocycles. The molecule has 0 atom stereocenters. The Morgan fingerprint density at radius 1 is 1.35 bits per heavy atom. The van der Waals surface area contributed by atoms with E-state index >= 15 is 0 Å². The first-order valence-electron chi connectivity index (χ1n) is 7.90. The van der Waals surface area contributed by atoms with Gasteiger partial charge in [0, 0.05) is 0 Å². The molecule has 1 fully saturated rings. The number of nitrogens with one attached hydrogen (secondary N) is 1. The number of hydrogen-bond donors (Lipinski definition) is 1. The molecule has 0 heterocycles. The molecule has 1 N–H and O–H groups in total. The predicted molar refractivity (Wildman–Crippen MR) is 90.2 cm³/mol. The summed E-state index contributed by atoms with van der Waals surface area (Å²) in [4.78, 5) is 13.3. The fourth-order valence-electron chi connectivity index (χ4n) is 2.55. The second kappa shape index (κ2) is 8.53. The zero-order valence-electron chi connectivity index (χ0n) is 14.0. The Morgan fingerprint density at radius 3 is 2.74 bits per heavy atom. The number of rotatable bonds is 7. The molecule has 0 bridgehead atoms. The Bertz CT molecular complexity index is 552. The molecule has 1 saturated carbocycles. The molecule has 1 aromatic carbocycles. The average Bonchev–Trinajstić information content (AvgIpc) is 3.00. The Balaban J connectivity index is 2.00. The van der Waals surface area contributed by atoms with Crippen LogP contribution in [-0.4, -0.2) is 50.9 Å². The maximum Gasteiger partial charge on any atom is 0.254 e. The molecule has 0 unspecified atom stereocenters. The Hall–Kier alpha value is -2.08. The predicted octanol–water partition coefficient (Wildman–Crippen LogP) is 2.03. The van der Waals surface area contributed by atoms with E-state index in [0.717, 1.165) is 24.2 Å². The standard InChI is InChI=1S/C17H25N3O3/c1-20(2)12-17(21)19-18-11-13-8-9-15(22-3)16(10-13)23-14-6-4-5-7-14/h8-11,14H,4-7,12H2,1-3H3,(H,19,21). The molecule has 126 valence electrons. The summed E-state index contributed by atoms with van der Waals surface area (Å²) < 4.78 is 11.4. The maximum absolute atomic E-state index is 11.5. The lowest BCUT2D eigenvalue weighted by Crippen LogP contribution is -2.30. The van der Waals surface area contributed by atoms with Gasteiger partial charge in [-0.2, -0.15) is 5.10 Å². The third-order valence-corrected chi connectivity index (χ3v) is 3.65. The molecule has 2 rings (SSSR count). The molecule has 0 saturated heterocycles. The number of benzene rings is 1. The van der Waals surface area contributed by atoms with Crippen LogP contribution in [0.4, 0.5) is 0 Å². The quantitative estimate of drug-likeness (QED) is 0.617. The van der Waals surface area contributed by atoms with Crippen molar-refractivity contribution in [3.63, 3.8) is 0 Å². The van der Waals surface area contributed by atoms with E-state index < -0.39 is 0 Å². The zero-order valence-corrected chi connectivity index (χ0v) is 14.0. The molecule has 6 heteroatoms. The number of nitrogens with zero attached hydrogens (tertiary/aromatic N) is 2. The van der Waals surface area contributed by atoms with Gasteiger partial charge in [-0.15, -0.1) is 0 Å². The van der Waals surface area contributed by atoms with Crippen LogP contribution in [0.1, 0.15) is 31.2 Å². The van der Waals surface area contributed by atoms with Gasteiger partial charge < -0.3 is 14.4 Å². The fraction of sp³-hybridized carbons (Fsp3) is 0.529. The van der Waals surface area contributed by atoms with Crippen molar-refractivity contribution in [3.05, 3.63) is 23.8 Å². The van der Waals surface area contributed by atoms with Gasteiger partial charge in [0.1, 0.15) is 0 Å². The molecular weight excluding hydrogens is 294 g/mol. The molecule has 1 aromatic rings. The zero-order chi connectivity index (χ0) is 16.7. The average molecular weight is 319 g/mol. The highest BCUT2D eigenvalue weighted by Crippen LogP contribution is 2.32. The lowest BCUT2D eigenvalue weighted by atomic mass is 10.2. The first-order valence-corrected chi connectivity index (χ1v) is 7.90. The summed E-state index contributed by atoms with van der Waals surface area (Å²) in [6.45, 7) is 0.302. The van der Waals surface area contributed by atoms with Crippen molar-refractivity contribution in [3.8, 4) is 11.5 Å². The highest BCUT2D eigenvalue weighted by molar-refractivity contribution is 5.83. The molecule has 0 radical (unpaired) electrons. The SMILES string of the molecule is COc1ccc(C=NNC(=O)CN(C)C)cc1OC1CCCC1. The van der Waals surface area contributed by atoms with Crippen LogP contribution < -0.4 is 14.9 Å². The van der Waals surface area contributed by atoms with Crippen LogP contribution in [0.3, 0.4) is 0 Å². The van der Waals surface area contributed by atoms with E-state index in [0.29, 0.717) is 12.3 Å². The Labute approximate surface area is 137 Å². The number of carbonyl (C=O) groups is 1. The molecule has 1 aliphatic carbocycles. The summed E-state index contributed by atoms with van der Waals surface area (Å²) in [6.07, 6.45) is 6.47. The molecule has 23 heavy (non-hydrogen) atoms. The normalized spacial score (nSPS) is 15.3. The molecule has 0 spiro atoms. The number of amides is 1. The van der Waals surface area contributed by atoms with E-state index in [1.54, 1.807) is 18.2 Å². The third-order valence-electron chi connectivity index (χ3n) is 3.65. The Morgan fingerprint density at radius 2 is 2.09 bits per heavy atom. The van der Waals surface area contributed by atoms with Gasteiger partial charge in [0.15, 0.2) is 11.5 Å². The van der Waals surface area contributed by atoms with Gasteiger partial charge in [0.05, 0.1) is 26.0 Å². The third kappa shape index (κ3) is 5.56. The van der Waals surface area contributed by atoms with Crippen LogP contribution >= 0.6 is 0 Å². The number of ether oxygens (including phenoxy) is 2. The van der Waals surface area contributed by atoms with Crippen molar-refractivity contribution >= 4 is 12.1 Å². The van der Waals surface area contributed by atoms with E-state index in [2.05, 4.69) is 10.5 Å². The van der Waals surface area contributed by atoms with Gasteiger partial charge in [-0.05, 0) is 63.5 Å². The molecule has 6 nitrogen and oxygen atoms in total. The van der Waals surface area contributed by atoms with Crippen LogP contribution in [0.5, 0.6) is 11.5 Å². The van der Waals surface area contributed by atoms with Crippen LogP contribution in [0, 0.1) is 0 Å². The van der Waals surface area contributed by atoms with E-state index in [9.17, 15) is 4.79 Å². The molecule has 1 aliphatic rings. The summed E-state index contributed by atoms with van der Waals surface area (Å²) >= 11 is 0. The van der Waals surface area contributed by atoms with Gasteiger partial charge in [-0.3, -0.25) is 4.79 Å². The number of hydrogen-bond acceptors (Lipinski definition) is 5. The lowest BCUT2D eigenvalue weighted by molar-refractivity contribution is -0.121. The molecule has 0 aromatic heterocycles. The topological polar surface area (TPSA) is 63.2 Å². The van der Waals surface area contributed by atoms with Crippen LogP contribution in [-0.2, 0) is 4.79 Å². The van der Waals surface area contributed by atoms with E-state index in [-0.39, 0.29) is 12.0 Å².